The Balaban J connectivity index is 2.84. The van der Waals surface area contributed by atoms with Gasteiger partial charge in [-0.25, -0.2) is 0 Å². The summed E-state index contributed by atoms with van der Waals surface area (Å²) >= 11 is 0. The van der Waals surface area contributed by atoms with E-state index in [-0.39, 0.29) is 5.78 Å². The molecule has 0 bridgehead atoms. The Labute approximate surface area is 115 Å². The Morgan fingerprint density at radius 2 is 1.95 bits per heavy atom. The van der Waals surface area contributed by atoms with Crippen molar-refractivity contribution < 1.29 is 14.3 Å². The van der Waals surface area contributed by atoms with Crippen LogP contribution in [-0.4, -0.2) is 38.5 Å². The Morgan fingerprint density at radius 3 is 2.47 bits per heavy atom. The van der Waals surface area contributed by atoms with Gasteiger partial charge in [0.25, 0.3) is 0 Å². The number of ether oxygens (including phenoxy) is 2. The molecule has 0 saturated heterocycles. The van der Waals surface area contributed by atoms with Gasteiger partial charge in [0.15, 0.2) is 0 Å². The van der Waals surface area contributed by atoms with Gasteiger partial charge in [-0.3, -0.25) is 4.79 Å². The molecule has 0 unspecified atom stereocenters. The largest absolute Gasteiger partial charge is 0.497 e. The second-order valence-corrected chi connectivity index (χ2v) is 4.81. The summed E-state index contributed by atoms with van der Waals surface area (Å²) in [7, 11) is 5.31. The Kier molecular flexibility index (Phi) is 5.83. The maximum atomic E-state index is 11.0. The maximum Gasteiger partial charge on any atom is 0.131 e. The minimum atomic E-state index is 0.213. The van der Waals surface area contributed by atoms with Crippen LogP contribution in [0.25, 0.3) is 0 Å². The molecule has 1 rings (SSSR count). The van der Waals surface area contributed by atoms with E-state index in [0.717, 1.165) is 35.7 Å². The second kappa shape index (κ2) is 7.14. The molecule has 0 fully saturated rings. The van der Waals surface area contributed by atoms with Crippen LogP contribution in [0.15, 0.2) is 12.1 Å². The third kappa shape index (κ3) is 4.56. The Morgan fingerprint density at radius 1 is 1.26 bits per heavy atom. The van der Waals surface area contributed by atoms with Gasteiger partial charge in [0, 0.05) is 31.1 Å². The molecule has 0 heterocycles. The minimum absolute atomic E-state index is 0.213. The van der Waals surface area contributed by atoms with Crippen LogP contribution in [-0.2, 0) is 11.3 Å². The monoisotopic (exact) mass is 265 g/mol. The molecule has 0 radical (unpaired) electrons. The zero-order valence-corrected chi connectivity index (χ0v) is 12.4. The number of methoxy groups -OCH3 is 2. The normalized spacial score (nSPS) is 10.6. The molecule has 1 aromatic rings. The van der Waals surface area contributed by atoms with Crippen LogP contribution >= 0.6 is 0 Å². The van der Waals surface area contributed by atoms with Crippen LogP contribution in [0.2, 0.25) is 0 Å². The first kappa shape index (κ1) is 15.5. The highest BCUT2D eigenvalue weighted by molar-refractivity contribution is 5.75. The lowest BCUT2D eigenvalue weighted by atomic mass is 10.1. The van der Waals surface area contributed by atoms with Crippen molar-refractivity contribution in [1.82, 2.24) is 4.90 Å². The summed E-state index contributed by atoms with van der Waals surface area (Å²) in [6.45, 7) is 5.17. The standard InChI is InChI=1S/C15H23NO3/c1-11-8-13(18-4)9-15(19-5)14(11)10-16(3)7-6-12(2)17/h8-9H,6-7,10H2,1-5H3. The van der Waals surface area contributed by atoms with E-state index in [4.69, 9.17) is 9.47 Å². The van der Waals surface area contributed by atoms with E-state index in [0.29, 0.717) is 6.42 Å². The number of rotatable bonds is 7. The van der Waals surface area contributed by atoms with Crippen LogP contribution in [0.4, 0.5) is 0 Å². The van der Waals surface area contributed by atoms with Gasteiger partial charge in [0.2, 0.25) is 0 Å². The molecule has 0 aliphatic carbocycles. The van der Waals surface area contributed by atoms with Crippen LogP contribution in [0.1, 0.15) is 24.5 Å². The van der Waals surface area contributed by atoms with E-state index in [1.165, 1.54) is 0 Å². The predicted molar refractivity (Wildman–Crippen MR) is 75.9 cm³/mol. The molecular formula is C15H23NO3. The number of nitrogens with zero attached hydrogens (tertiary/aromatic N) is 1. The molecule has 0 aromatic heterocycles. The SMILES string of the molecule is COc1cc(C)c(CN(C)CCC(C)=O)c(OC)c1. The van der Waals surface area contributed by atoms with E-state index in [1.54, 1.807) is 21.1 Å². The van der Waals surface area contributed by atoms with Crippen molar-refractivity contribution >= 4 is 5.78 Å². The number of benzene rings is 1. The van der Waals surface area contributed by atoms with Crippen LogP contribution < -0.4 is 9.47 Å². The molecular weight excluding hydrogens is 242 g/mol. The van der Waals surface area contributed by atoms with Gasteiger partial charge < -0.3 is 14.4 Å². The molecule has 4 heteroatoms. The summed E-state index contributed by atoms with van der Waals surface area (Å²) in [5.41, 5.74) is 2.26. The number of aryl methyl sites for hydroxylation is 1. The lowest BCUT2D eigenvalue weighted by Crippen LogP contribution is -2.21. The van der Waals surface area contributed by atoms with Gasteiger partial charge in [0.05, 0.1) is 14.2 Å². The van der Waals surface area contributed by atoms with Crippen molar-refractivity contribution in [3.05, 3.63) is 23.3 Å². The minimum Gasteiger partial charge on any atom is -0.497 e. The number of Topliss-reactive ketones (excluding diaryl/α,β-unsaturated/α-hetero) is 1. The smallest absolute Gasteiger partial charge is 0.131 e. The van der Waals surface area contributed by atoms with Gasteiger partial charge in [0.1, 0.15) is 17.3 Å². The lowest BCUT2D eigenvalue weighted by Gasteiger charge is -2.20. The fraction of sp³-hybridized carbons (Fsp3) is 0.533. The quantitative estimate of drug-likeness (QED) is 0.759. The first-order valence-corrected chi connectivity index (χ1v) is 6.37. The highest BCUT2D eigenvalue weighted by atomic mass is 16.5. The molecule has 4 nitrogen and oxygen atoms in total. The van der Waals surface area contributed by atoms with Crippen molar-refractivity contribution in [1.29, 1.82) is 0 Å². The lowest BCUT2D eigenvalue weighted by molar-refractivity contribution is -0.117. The first-order chi connectivity index (χ1) is 8.97. The van der Waals surface area contributed by atoms with Crippen molar-refractivity contribution in [3.8, 4) is 11.5 Å². The molecule has 0 saturated carbocycles. The topological polar surface area (TPSA) is 38.8 Å². The van der Waals surface area contributed by atoms with E-state index in [1.807, 2.05) is 26.1 Å². The van der Waals surface area contributed by atoms with Gasteiger partial charge in [-0.15, -0.1) is 0 Å². The van der Waals surface area contributed by atoms with Gasteiger partial charge >= 0.3 is 0 Å². The number of carbonyl (C=O) groups is 1. The molecule has 19 heavy (non-hydrogen) atoms. The fourth-order valence-corrected chi connectivity index (χ4v) is 1.95. The Hall–Kier alpha value is -1.55. The third-order valence-corrected chi connectivity index (χ3v) is 3.13. The van der Waals surface area contributed by atoms with Crippen molar-refractivity contribution in [2.24, 2.45) is 0 Å². The number of hydrogen-bond donors (Lipinski definition) is 0. The zero-order chi connectivity index (χ0) is 14.4. The molecule has 0 amide bonds. The third-order valence-electron chi connectivity index (χ3n) is 3.13. The molecule has 0 aliphatic heterocycles. The average Bonchev–Trinajstić information content (AvgIpc) is 2.38. The second-order valence-electron chi connectivity index (χ2n) is 4.81. The molecule has 106 valence electrons. The van der Waals surface area contributed by atoms with E-state index < -0.39 is 0 Å². The summed E-state index contributed by atoms with van der Waals surface area (Å²) in [5.74, 6) is 1.83. The zero-order valence-electron chi connectivity index (χ0n) is 12.4. The highest BCUT2D eigenvalue weighted by Gasteiger charge is 2.12. The van der Waals surface area contributed by atoms with E-state index in [2.05, 4.69) is 4.90 Å². The number of carbonyl (C=O) groups excluding carboxylic acids is 1. The maximum absolute atomic E-state index is 11.0. The van der Waals surface area contributed by atoms with Gasteiger partial charge in [-0.05, 0) is 32.5 Å². The summed E-state index contributed by atoms with van der Waals surface area (Å²) in [4.78, 5) is 13.1. The average molecular weight is 265 g/mol. The summed E-state index contributed by atoms with van der Waals surface area (Å²) < 4.78 is 10.7. The van der Waals surface area contributed by atoms with Crippen molar-refractivity contribution in [2.45, 2.75) is 26.8 Å². The molecule has 0 atom stereocenters. The molecule has 0 aliphatic rings. The van der Waals surface area contributed by atoms with Crippen LogP contribution in [0.3, 0.4) is 0 Å². The highest BCUT2D eigenvalue weighted by Crippen LogP contribution is 2.29. The molecule has 1 aromatic carbocycles. The Bertz CT molecular complexity index is 443. The van der Waals surface area contributed by atoms with Crippen LogP contribution in [0.5, 0.6) is 11.5 Å². The predicted octanol–water partition coefficient (Wildman–Crippen LogP) is 2.42. The summed E-state index contributed by atoms with van der Waals surface area (Å²) in [6, 6.07) is 3.89. The van der Waals surface area contributed by atoms with Crippen LogP contribution in [0, 0.1) is 6.92 Å². The number of ketones is 1. The summed E-state index contributed by atoms with van der Waals surface area (Å²) in [6.07, 6.45) is 0.577. The van der Waals surface area contributed by atoms with Gasteiger partial charge in [-0.1, -0.05) is 0 Å². The molecule has 0 N–H and O–H groups in total. The van der Waals surface area contributed by atoms with Crippen molar-refractivity contribution in [2.75, 3.05) is 27.8 Å². The molecule has 0 spiro atoms. The summed E-state index contributed by atoms with van der Waals surface area (Å²) in [5, 5.41) is 0. The van der Waals surface area contributed by atoms with Crippen molar-refractivity contribution in [3.63, 3.8) is 0 Å². The van der Waals surface area contributed by atoms with Gasteiger partial charge in [-0.2, -0.15) is 0 Å². The van der Waals surface area contributed by atoms with E-state index in [9.17, 15) is 4.79 Å². The first-order valence-electron chi connectivity index (χ1n) is 6.37. The number of hydrogen-bond acceptors (Lipinski definition) is 4. The van der Waals surface area contributed by atoms with E-state index >= 15 is 0 Å². The fourth-order valence-electron chi connectivity index (χ4n) is 1.95.